The Balaban J connectivity index is 1.80. The van der Waals surface area contributed by atoms with Crippen molar-refractivity contribution >= 4 is 23.4 Å². The van der Waals surface area contributed by atoms with Crippen LogP contribution in [0, 0.1) is 0 Å². The summed E-state index contributed by atoms with van der Waals surface area (Å²) in [6, 6.07) is 16.1. The summed E-state index contributed by atoms with van der Waals surface area (Å²) in [5, 5.41) is 10.5. The van der Waals surface area contributed by atoms with Crippen molar-refractivity contribution in [2.75, 3.05) is 37.9 Å². The standard InChI is InChI=1S/C27H35N5O4/c1-7-16-31(26(34)28-21-10-8-9-11-22(21)36-6)18-25(33)29-24-17-23(27(2,3)4)30-32(24)19-12-14-20(35-5)15-13-19/h8-15,17H,7,16,18H2,1-6H3,(H,28,34)(H,29,33). The van der Waals surface area contributed by atoms with Crippen molar-refractivity contribution in [1.29, 1.82) is 0 Å². The van der Waals surface area contributed by atoms with Crippen LogP contribution < -0.4 is 20.1 Å². The highest BCUT2D eigenvalue weighted by atomic mass is 16.5. The van der Waals surface area contributed by atoms with Gasteiger partial charge in [0.15, 0.2) is 0 Å². The number of methoxy groups -OCH3 is 2. The minimum Gasteiger partial charge on any atom is -0.497 e. The van der Waals surface area contributed by atoms with Crippen LogP contribution in [0.2, 0.25) is 0 Å². The molecule has 0 aliphatic carbocycles. The predicted molar refractivity (Wildman–Crippen MR) is 141 cm³/mol. The number of rotatable bonds is 9. The van der Waals surface area contributed by atoms with E-state index in [2.05, 4.69) is 31.4 Å². The van der Waals surface area contributed by atoms with Gasteiger partial charge in [-0.1, -0.05) is 39.8 Å². The van der Waals surface area contributed by atoms with E-state index in [9.17, 15) is 9.59 Å². The van der Waals surface area contributed by atoms with Crippen LogP contribution in [-0.2, 0) is 10.2 Å². The molecule has 0 aliphatic rings. The summed E-state index contributed by atoms with van der Waals surface area (Å²) in [4.78, 5) is 27.6. The van der Waals surface area contributed by atoms with Crippen molar-refractivity contribution in [2.24, 2.45) is 0 Å². The molecule has 0 spiro atoms. The minimum absolute atomic E-state index is 0.118. The van der Waals surface area contributed by atoms with Gasteiger partial charge >= 0.3 is 6.03 Å². The van der Waals surface area contributed by atoms with Gasteiger partial charge in [0.2, 0.25) is 5.91 Å². The molecule has 1 aromatic heterocycles. The molecule has 0 saturated carbocycles. The van der Waals surface area contributed by atoms with Crippen molar-refractivity contribution in [2.45, 2.75) is 39.5 Å². The molecule has 3 rings (SSSR count). The second-order valence-corrected chi connectivity index (χ2v) is 9.37. The highest BCUT2D eigenvalue weighted by Crippen LogP contribution is 2.27. The van der Waals surface area contributed by atoms with E-state index in [0.29, 0.717) is 30.2 Å². The first-order valence-corrected chi connectivity index (χ1v) is 11.9. The average molecular weight is 494 g/mol. The van der Waals surface area contributed by atoms with Crippen LogP contribution in [0.25, 0.3) is 5.69 Å². The molecule has 3 amide bonds. The highest BCUT2D eigenvalue weighted by Gasteiger charge is 2.23. The molecule has 9 nitrogen and oxygen atoms in total. The molecule has 0 fully saturated rings. The number of hydrogen-bond acceptors (Lipinski definition) is 5. The second-order valence-electron chi connectivity index (χ2n) is 9.37. The number of carbonyl (C=O) groups excluding carboxylic acids is 2. The Morgan fingerprint density at radius 2 is 1.69 bits per heavy atom. The normalized spacial score (nSPS) is 11.1. The van der Waals surface area contributed by atoms with Crippen molar-refractivity contribution < 1.29 is 19.1 Å². The molecule has 0 unspecified atom stereocenters. The molecule has 0 radical (unpaired) electrons. The number of hydrogen-bond donors (Lipinski definition) is 2. The number of anilines is 2. The van der Waals surface area contributed by atoms with E-state index in [-0.39, 0.29) is 23.9 Å². The summed E-state index contributed by atoms with van der Waals surface area (Å²) in [5.41, 5.74) is 1.92. The van der Waals surface area contributed by atoms with E-state index in [0.717, 1.165) is 17.1 Å². The van der Waals surface area contributed by atoms with Crippen LogP contribution in [0.3, 0.4) is 0 Å². The molecule has 0 saturated heterocycles. The Hall–Kier alpha value is -4.01. The number of ether oxygens (including phenoxy) is 2. The number of urea groups is 1. The van der Waals surface area contributed by atoms with Crippen molar-refractivity contribution in [3.63, 3.8) is 0 Å². The predicted octanol–water partition coefficient (Wildman–Crippen LogP) is 5.07. The summed E-state index contributed by atoms with van der Waals surface area (Å²) >= 11 is 0. The van der Waals surface area contributed by atoms with Gasteiger partial charge in [-0.2, -0.15) is 5.10 Å². The third kappa shape index (κ3) is 6.56. The summed E-state index contributed by atoms with van der Waals surface area (Å²) < 4.78 is 12.3. The van der Waals surface area contributed by atoms with Crippen molar-refractivity contribution in [1.82, 2.24) is 14.7 Å². The van der Waals surface area contributed by atoms with Gasteiger partial charge in [-0.15, -0.1) is 0 Å². The van der Waals surface area contributed by atoms with Gasteiger partial charge in [0, 0.05) is 18.0 Å². The molecule has 2 N–H and O–H groups in total. The maximum Gasteiger partial charge on any atom is 0.322 e. The van der Waals surface area contributed by atoms with Gasteiger partial charge < -0.3 is 25.0 Å². The third-order valence-corrected chi connectivity index (χ3v) is 5.53. The maximum absolute atomic E-state index is 13.1. The van der Waals surface area contributed by atoms with E-state index in [4.69, 9.17) is 14.6 Å². The topological polar surface area (TPSA) is 97.7 Å². The van der Waals surface area contributed by atoms with Crippen LogP contribution in [-0.4, -0.2) is 53.9 Å². The third-order valence-electron chi connectivity index (χ3n) is 5.53. The number of amides is 3. The van der Waals surface area contributed by atoms with Crippen molar-refractivity contribution in [3.05, 3.63) is 60.3 Å². The average Bonchev–Trinajstić information content (AvgIpc) is 3.28. The molecule has 0 aliphatic heterocycles. The first kappa shape index (κ1) is 26.6. The first-order chi connectivity index (χ1) is 17.2. The van der Waals surface area contributed by atoms with E-state index in [1.807, 2.05) is 49.4 Å². The van der Waals surface area contributed by atoms with Gasteiger partial charge in [-0.3, -0.25) is 4.79 Å². The largest absolute Gasteiger partial charge is 0.497 e. The van der Waals surface area contributed by atoms with Gasteiger partial charge in [0.05, 0.1) is 31.3 Å². The molecule has 3 aromatic rings. The van der Waals surface area contributed by atoms with Crippen molar-refractivity contribution in [3.8, 4) is 17.2 Å². The lowest BCUT2D eigenvalue weighted by molar-refractivity contribution is -0.116. The fourth-order valence-electron chi connectivity index (χ4n) is 3.58. The summed E-state index contributed by atoms with van der Waals surface area (Å²) in [5.74, 6) is 1.47. The van der Waals surface area contributed by atoms with E-state index in [1.54, 1.807) is 31.0 Å². The Labute approximate surface area is 212 Å². The van der Waals surface area contributed by atoms with Crippen LogP contribution in [0.1, 0.15) is 39.8 Å². The van der Waals surface area contributed by atoms with Crippen LogP contribution in [0.15, 0.2) is 54.6 Å². The lowest BCUT2D eigenvalue weighted by atomic mass is 9.92. The highest BCUT2D eigenvalue weighted by molar-refractivity contribution is 5.97. The van der Waals surface area contributed by atoms with Crippen LogP contribution >= 0.6 is 0 Å². The molecule has 36 heavy (non-hydrogen) atoms. The SMILES string of the molecule is CCCN(CC(=O)Nc1cc(C(C)(C)C)nn1-c1ccc(OC)cc1)C(=O)Nc1ccccc1OC. The summed E-state index contributed by atoms with van der Waals surface area (Å²) in [6.45, 7) is 8.43. The zero-order valence-electron chi connectivity index (χ0n) is 21.8. The number of nitrogens with one attached hydrogen (secondary N) is 2. The fourth-order valence-corrected chi connectivity index (χ4v) is 3.58. The van der Waals surface area contributed by atoms with Crippen LogP contribution in [0.4, 0.5) is 16.3 Å². The molecule has 0 atom stereocenters. The molecular formula is C27H35N5O4. The maximum atomic E-state index is 13.1. The van der Waals surface area contributed by atoms with Gasteiger partial charge in [-0.25, -0.2) is 9.48 Å². The lowest BCUT2D eigenvalue weighted by Crippen LogP contribution is -2.41. The molecule has 9 heteroatoms. The second kappa shape index (κ2) is 11.6. The van der Waals surface area contributed by atoms with Gasteiger partial charge in [0.25, 0.3) is 0 Å². The zero-order chi connectivity index (χ0) is 26.3. The zero-order valence-corrected chi connectivity index (χ0v) is 21.8. The monoisotopic (exact) mass is 493 g/mol. The van der Waals surface area contributed by atoms with Gasteiger partial charge in [-0.05, 0) is 42.8 Å². The number of aromatic nitrogens is 2. The molecule has 2 aromatic carbocycles. The van der Waals surface area contributed by atoms with Gasteiger partial charge in [0.1, 0.15) is 23.9 Å². The Kier molecular flexibility index (Phi) is 8.58. The molecule has 1 heterocycles. The minimum atomic E-state index is -0.379. The molecular weight excluding hydrogens is 458 g/mol. The number of nitrogens with zero attached hydrogens (tertiary/aromatic N) is 3. The lowest BCUT2D eigenvalue weighted by Gasteiger charge is -2.22. The van der Waals surface area contributed by atoms with E-state index >= 15 is 0 Å². The number of para-hydroxylation sites is 2. The Bertz CT molecular complexity index is 1180. The Morgan fingerprint density at radius 3 is 2.31 bits per heavy atom. The number of benzene rings is 2. The number of carbonyl (C=O) groups is 2. The van der Waals surface area contributed by atoms with E-state index in [1.165, 1.54) is 4.90 Å². The molecule has 192 valence electrons. The smallest absolute Gasteiger partial charge is 0.322 e. The fraction of sp³-hybridized carbons (Fsp3) is 0.370. The quantitative estimate of drug-likeness (QED) is 0.434. The molecule has 0 bridgehead atoms. The van der Waals surface area contributed by atoms with E-state index < -0.39 is 0 Å². The van der Waals surface area contributed by atoms with Crippen LogP contribution in [0.5, 0.6) is 11.5 Å². The first-order valence-electron chi connectivity index (χ1n) is 11.9. The summed E-state index contributed by atoms with van der Waals surface area (Å²) in [6.07, 6.45) is 0.699. The Morgan fingerprint density at radius 1 is 1.00 bits per heavy atom. The summed E-state index contributed by atoms with van der Waals surface area (Å²) in [7, 11) is 3.15.